The second kappa shape index (κ2) is 7.41. The lowest BCUT2D eigenvalue weighted by molar-refractivity contribution is -0.153. The van der Waals surface area contributed by atoms with Crippen LogP contribution in [0.15, 0.2) is 0 Å². The summed E-state index contributed by atoms with van der Waals surface area (Å²) in [5, 5.41) is 3.41. The number of carbonyl (C=O) groups is 1. The van der Waals surface area contributed by atoms with Crippen molar-refractivity contribution in [3.05, 3.63) is 0 Å². The van der Waals surface area contributed by atoms with Gasteiger partial charge in [-0.05, 0) is 59.4 Å². The minimum atomic E-state index is -0.494. The maximum atomic E-state index is 12.4. The van der Waals surface area contributed by atoms with Crippen LogP contribution in [0.25, 0.3) is 0 Å². The number of rotatable bonds is 7. The lowest BCUT2D eigenvalue weighted by Crippen LogP contribution is -2.55. The Morgan fingerprint density at radius 3 is 2.60 bits per heavy atom. The largest absolute Gasteiger partial charge is 0.465 e. The molecule has 0 saturated heterocycles. The van der Waals surface area contributed by atoms with Crippen LogP contribution >= 0.6 is 0 Å². The Hall–Kier alpha value is -0.610. The lowest BCUT2D eigenvalue weighted by Gasteiger charge is -2.34. The highest BCUT2D eigenvalue weighted by atomic mass is 16.5. The number of likely N-dealkylation sites (N-methyl/N-ethyl adjacent to an activating group) is 1. The van der Waals surface area contributed by atoms with Gasteiger partial charge in [0, 0.05) is 6.61 Å². The van der Waals surface area contributed by atoms with Crippen molar-refractivity contribution in [1.82, 2.24) is 5.32 Å². The van der Waals surface area contributed by atoms with E-state index in [4.69, 9.17) is 9.47 Å². The Morgan fingerprint density at radius 1 is 1.35 bits per heavy atom. The fourth-order valence-electron chi connectivity index (χ4n) is 3.12. The first kappa shape index (κ1) is 17.4. The Balaban J connectivity index is 2.68. The molecule has 1 aliphatic rings. The third-order valence-electron chi connectivity index (χ3n) is 3.95. The van der Waals surface area contributed by atoms with E-state index >= 15 is 0 Å². The minimum absolute atomic E-state index is 0.0832. The van der Waals surface area contributed by atoms with Crippen molar-refractivity contribution in [1.29, 1.82) is 0 Å². The van der Waals surface area contributed by atoms with Crippen molar-refractivity contribution in [2.45, 2.75) is 71.4 Å². The molecule has 2 unspecified atom stereocenters. The predicted molar refractivity (Wildman–Crippen MR) is 80.7 cm³/mol. The standard InChI is InChI=1S/C16H31NO3/c1-6-17-16(14(18)19-7-2)11-8-9-13(16)10-12-20-15(3,4)5/h13,17H,6-12H2,1-5H3. The molecule has 1 N–H and O–H groups in total. The van der Waals surface area contributed by atoms with Crippen molar-refractivity contribution in [2.75, 3.05) is 19.8 Å². The molecule has 1 saturated carbocycles. The molecule has 118 valence electrons. The molecule has 1 fully saturated rings. The summed E-state index contributed by atoms with van der Waals surface area (Å²) in [7, 11) is 0. The van der Waals surface area contributed by atoms with Crippen molar-refractivity contribution in [3.8, 4) is 0 Å². The summed E-state index contributed by atoms with van der Waals surface area (Å²) in [5.41, 5.74) is -0.616. The van der Waals surface area contributed by atoms with Crippen molar-refractivity contribution >= 4 is 5.97 Å². The van der Waals surface area contributed by atoms with Gasteiger partial charge in [-0.25, -0.2) is 0 Å². The van der Waals surface area contributed by atoms with Gasteiger partial charge in [0.2, 0.25) is 0 Å². The van der Waals surface area contributed by atoms with Crippen LogP contribution in [0.2, 0.25) is 0 Å². The first-order valence-electron chi connectivity index (χ1n) is 7.92. The van der Waals surface area contributed by atoms with Crippen LogP contribution in [0, 0.1) is 5.92 Å². The van der Waals surface area contributed by atoms with Gasteiger partial charge in [-0.3, -0.25) is 4.79 Å². The van der Waals surface area contributed by atoms with Crippen molar-refractivity contribution in [3.63, 3.8) is 0 Å². The highest BCUT2D eigenvalue weighted by molar-refractivity contribution is 5.81. The molecule has 0 heterocycles. The Kier molecular flexibility index (Phi) is 6.46. The summed E-state index contributed by atoms with van der Waals surface area (Å²) in [5.74, 6) is 0.226. The van der Waals surface area contributed by atoms with Crippen LogP contribution in [-0.2, 0) is 14.3 Å². The first-order valence-corrected chi connectivity index (χ1v) is 7.92. The van der Waals surface area contributed by atoms with Crippen LogP contribution < -0.4 is 5.32 Å². The molecule has 4 heteroatoms. The third kappa shape index (κ3) is 4.45. The SMILES string of the molecule is CCNC1(C(=O)OCC)CCCC1CCOC(C)(C)C. The van der Waals surface area contributed by atoms with E-state index in [0.29, 0.717) is 19.1 Å². The predicted octanol–water partition coefficient (Wildman–Crippen LogP) is 2.90. The van der Waals surface area contributed by atoms with Gasteiger partial charge in [-0.15, -0.1) is 0 Å². The molecule has 0 amide bonds. The van der Waals surface area contributed by atoms with Gasteiger partial charge in [-0.2, -0.15) is 0 Å². The number of carbonyl (C=O) groups excluding carboxylic acids is 1. The molecule has 0 spiro atoms. The van der Waals surface area contributed by atoms with Gasteiger partial charge >= 0.3 is 5.97 Å². The summed E-state index contributed by atoms with van der Waals surface area (Å²) in [6.07, 6.45) is 3.92. The molecule has 0 radical (unpaired) electrons. The lowest BCUT2D eigenvalue weighted by atomic mass is 9.84. The molecule has 1 aliphatic carbocycles. The number of ether oxygens (including phenoxy) is 2. The highest BCUT2D eigenvalue weighted by Gasteiger charge is 2.49. The van der Waals surface area contributed by atoms with E-state index in [1.54, 1.807) is 0 Å². The van der Waals surface area contributed by atoms with Crippen LogP contribution in [0.3, 0.4) is 0 Å². The number of hydrogen-bond acceptors (Lipinski definition) is 4. The highest BCUT2D eigenvalue weighted by Crippen LogP contribution is 2.39. The number of esters is 1. The van der Waals surface area contributed by atoms with Crippen LogP contribution in [0.4, 0.5) is 0 Å². The molecule has 0 aromatic heterocycles. The van der Waals surface area contributed by atoms with E-state index in [9.17, 15) is 4.79 Å². The molecule has 0 aromatic rings. The molecule has 4 nitrogen and oxygen atoms in total. The minimum Gasteiger partial charge on any atom is -0.465 e. The average molecular weight is 285 g/mol. The van der Waals surface area contributed by atoms with Crippen LogP contribution in [0.5, 0.6) is 0 Å². The normalized spacial score (nSPS) is 26.8. The summed E-state index contributed by atoms with van der Waals surface area (Å²) in [6, 6.07) is 0. The Labute approximate surface area is 123 Å². The molecule has 0 aliphatic heterocycles. The molecular weight excluding hydrogens is 254 g/mol. The summed E-state index contributed by atoms with van der Waals surface area (Å²) < 4.78 is 11.1. The summed E-state index contributed by atoms with van der Waals surface area (Å²) >= 11 is 0. The smallest absolute Gasteiger partial charge is 0.326 e. The molecule has 20 heavy (non-hydrogen) atoms. The topological polar surface area (TPSA) is 47.6 Å². The third-order valence-corrected chi connectivity index (χ3v) is 3.95. The Bertz CT molecular complexity index is 311. The summed E-state index contributed by atoms with van der Waals surface area (Å²) in [6.45, 7) is 12.0. The van der Waals surface area contributed by atoms with E-state index in [0.717, 1.165) is 32.2 Å². The average Bonchev–Trinajstić information content (AvgIpc) is 2.73. The van der Waals surface area contributed by atoms with E-state index in [1.165, 1.54) is 0 Å². The van der Waals surface area contributed by atoms with E-state index in [2.05, 4.69) is 26.1 Å². The summed E-state index contributed by atoms with van der Waals surface area (Å²) in [4.78, 5) is 12.4. The molecule has 2 atom stereocenters. The van der Waals surface area contributed by atoms with Crippen molar-refractivity contribution in [2.24, 2.45) is 5.92 Å². The first-order chi connectivity index (χ1) is 9.35. The zero-order valence-electron chi connectivity index (χ0n) is 13.8. The van der Waals surface area contributed by atoms with Gasteiger partial charge in [0.05, 0.1) is 12.2 Å². The zero-order chi connectivity index (χ0) is 15.2. The zero-order valence-corrected chi connectivity index (χ0v) is 13.8. The fourth-order valence-corrected chi connectivity index (χ4v) is 3.12. The van der Waals surface area contributed by atoms with Crippen LogP contribution in [-0.4, -0.2) is 36.9 Å². The molecule has 0 bridgehead atoms. The van der Waals surface area contributed by atoms with E-state index in [-0.39, 0.29) is 11.6 Å². The molecule has 0 aromatic carbocycles. The second-order valence-electron chi connectivity index (χ2n) is 6.56. The second-order valence-corrected chi connectivity index (χ2v) is 6.56. The Morgan fingerprint density at radius 2 is 2.05 bits per heavy atom. The molecular formula is C16H31NO3. The van der Waals surface area contributed by atoms with Gasteiger partial charge in [0.25, 0.3) is 0 Å². The quantitative estimate of drug-likeness (QED) is 0.731. The fraction of sp³-hybridized carbons (Fsp3) is 0.938. The van der Waals surface area contributed by atoms with Gasteiger partial charge < -0.3 is 14.8 Å². The van der Waals surface area contributed by atoms with Crippen molar-refractivity contribution < 1.29 is 14.3 Å². The van der Waals surface area contributed by atoms with E-state index < -0.39 is 5.54 Å². The maximum absolute atomic E-state index is 12.4. The van der Waals surface area contributed by atoms with Gasteiger partial charge in [0.15, 0.2) is 0 Å². The number of hydrogen-bond donors (Lipinski definition) is 1. The molecule has 1 rings (SSSR count). The van der Waals surface area contributed by atoms with Gasteiger partial charge in [-0.1, -0.05) is 13.3 Å². The van der Waals surface area contributed by atoms with Gasteiger partial charge in [0.1, 0.15) is 5.54 Å². The van der Waals surface area contributed by atoms with E-state index in [1.807, 2.05) is 13.8 Å². The van der Waals surface area contributed by atoms with Crippen LogP contribution in [0.1, 0.15) is 60.3 Å². The monoisotopic (exact) mass is 285 g/mol. The number of nitrogens with one attached hydrogen (secondary N) is 1. The maximum Gasteiger partial charge on any atom is 0.326 e.